The smallest absolute Gasteiger partial charge is 0.684 e. The van der Waals surface area contributed by atoms with Gasteiger partial charge >= 0.3 is 64.1 Å². The summed E-state index contributed by atoms with van der Waals surface area (Å²) in [4.78, 5) is 0. The summed E-state index contributed by atoms with van der Waals surface area (Å²) in [5.74, 6) is 8.89. The number of para-hydroxylation sites is 2. The molecule has 0 bridgehead atoms. The van der Waals surface area contributed by atoms with Crippen molar-refractivity contribution in [2.45, 2.75) is 203 Å². The molecule has 16 heteroatoms. The van der Waals surface area contributed by atoms with E-state index in [0.717, 1.165) is 126 Å². The van der Waals surface area contributed by atoms with Crippen LogP contribution in [0.2, 0.25) is 48.4 Å². The van der Waals surface area contributed by atoms with Gasteiger partial charge in [-0.2, -0.15) is 0 Å². The molecule has 448 valence electrons. The van der Waals surface area contributed by atoms with E-state index >= 15 is 0 Å². The first kappa shape index (κ1) is 78.2. The molecule has 0 saturated heterocycles. The van der Waals surface area contributed by atoms with Crippen molar-refractivity contribution in [3.05, 3.63) is 101 Å². The molecular formula is C63H100Cl10N2Si2Zr2. The molecule has 0 radical (unpaired) electrons. The molecule has 0 aliphatic heterocycles. The van der Waals surface area contributed by atoms with Crippen LogP contribution in [-0.4, -0.2) is 72.3 Å². The average Bonchev–Trinajstić information content (AvgIpc) is 4.07. The summed E-state index contributed by atoms with van der Waals surface area (Å²) in [6, 6.07) is 20.1. The summed E-state index contributed by atoms with van der Waals surface area (Å²) in [5, 5.41) is 11.2. The summed E-state index contributed by atoms with van der Waals surface area (Å²) in [6.45, 7) is 22.5. The van der Waals surface area contributed by atoms with E-state index in [2.05, 4.69) is 64.5 Å². The van der Waals surface area contributed by atoms with Crippen molar-refractivity contribution < 1.29 is 47.1 Å². The van der Waals surface area contributed by atoms with Crippen LogP contribution in [0.1, 0.15) is 111 Å². The third-order valence-electron chi connectivity index (χ3n) is 20.8. The van der Waals surface area contributed by atoms with E-state index in [4.69, 9.17) is 110 Å². The Kier molecular flexibility index (Phi) is 35.2. The molecule has 0 aromatic heterocycles. The molecule has 8 fully saturated rings. The maximum atomic E-state index is 6.83. The Labute approximate surface area is 565 Å². The summed E-state index contributed by atoms with van der Waals surface area (Å²) in [5.41, 5.74) is 5.49. The van der Waals surface area contributed by atoms with Gasteiger partial charge in [-0.25, -0.2) is 0 Å². The number of hydrogen-bond acceptors (Lipinski definition) is 0. The van der Waals surface area contributed by atoms with Crippen LogP contribution in [0, 0.1) is 101 Å². The molecule has 0 spiro atoms. The topological polar surface area (TPSA) is 28.2 Å². The number of halogens is 10. The van der Waals surface area contributed by atoms with Crippen molar-refractivity contribution in [2.24, 2.45) is 71.0 Å². The van der Waals surface area contributed by atoms with Gasteiger partial charge < -0.3 is 40.3 Å². The van der Waals surface area contributed by atoms with Crippen LogP contribution in [0.15, 0.2) is 60.7 Å². The Morgan fingerprint density at radius 1 is 0.380 bits per heavy atom. The van der Waals surface area contributed by atoms with E-state index in [1.54, 1.807) is 0 Å². The summed E-state index contributed by atoms with van der Waals surface area (Å²) >= 11 is 53.2. The van der Waals surface area contributed by atoms with Crippen LogP contribution < -0.4 is 0 Å². The van der Waals surface area contributed by atoms with Gasteiger partial charge in [-0.3, -0.25) is 0 Å². The molecule has 8 aliphatic rings. The Hall–Kier alpha value is 3.14. The first-order chi connectivity index (χ1) is 35.1. The van der Waals surface area contributed by atoms with Gasteiger partial charge in [0.25, 0.3) is 0 Å². The van der Waals surface area contributed by atoms with Crippen LogP contribution in [0.25, 0.3) is 10.6 Å². The van der Waals surface area contributed by atoms with Crippen LogP contribution in [0.4, 0.5) is 11.4 Å². The molecule has 2 aromatic carbocycles. The molecule has 10 rings (SSSR count). The maximum Gasteiger partial charge on any atom is 4.00 e. The first-order valence-electron chi connectivity index (χ1n) is 28.6. The van der Waals surface area contributed by atoms with Crippen LogP contribution in [0.5, 0.6) is 0 Å². The predicted octanol–water partition coefficient (Wildman–Crippen LogP) is 24.0. The second-order valence-corrected chi connectivity index (χ2v) is 44.5. The van der Waals surface area contributed by atoms with Gasteiger partial charge in [-0.05, 0) is 170 Å². The number of nitrogens with zero attached hydrogens (tertiary/aromatic N) is 2. The Morgan fingerprint density at radius 3 is 0.810 bits per heavy atom. The van der Waals surface area contributed by atoms with Crippen molar-refractivity contribution in [3.8, 4) is 0 Å². The standard InChI is InChI=1S/2C22H36Cl4Si.C15H16N2.4CH3.2ClH.2Zr/c2*1-11-5-15-17(7-13(23)9-19(15)25)21(11)27(3,4)22-12(2)6-16-18(22)8-14(24)10-20(16)26;1-3-8-14(9-4-1)16-12-7-13-17-15-10-5-2-6-11-15;;;;;;;;/h2*11-22H,5-10H2,1-4H3;1-6,8-11H,7,12-13H2;4*1H3;2*1H;;/q;;-2;4*-1;;;2*+4/p-2. The average molecular weight is 1480 g/mol. The minimum absolute atomic E-state index is 0. The second kappa shape index (κ2) is 35.5. The van der Waals surface area contributed by atoms with Crippen molar-refractivity contribution in [3.63, 3.8) is 0 Å². The molecule has 8 saturated carbocycles. The molecule has 0 amide bonds. The van der Waals surface area contributed by atoms with Crippen LogP contribution in [-0.2, 0) is 47.1 Å². The maximum absolute atomic E-state index is 6.83. The van der Waals surface area contributed by atoms with E-state index in [9.17, 15) is 0 Å². The molecule has 0 heterocycles. The van der Waals surface area contributed by atoms with E-state index in [1.165, 1.54) is 51.4 Å². The molecular weight excluding hydrogens is 1380 g/mol. The van der Waals surface area contributed by atoms with Crippen molar-refractivity contribution >= 4 is 137 Å². The molecule has 79 heavy (non-hydrogen) atoms. The Morgan fingerprint density at radius 2 is 0.595 bits per heavy atom. The summed E-state index contributed by atoms with van der Waals surface area (Å²) in [6.07, 6.45) is 15.0. The fourth-order valence-corrected chi connectivity index (χ4v) is 36.3. The molecule has 24 unspecified atom stereocenters. The van der Waals surface area contributed by atoms with Gasteiger partial charge in [0, 0.05) is 43.0 Å². The molecule has 24 atom stereocenters. The normalized spacial score (nSPS) is 40.5. The summed E-state index contributed by atoms with van der Waals surface area (Å²) < 4.78 is 0. The minimum atomic E-state index is -1.53. The van der Waals surface area contributed by atoms with E-state index in [-0.39, 0.29) is 98.9 Å². The zero-order chi connectivity index (χ0) is 53.8. The molecule has 8 aliphatic carbocycles. The zero-order valence-corrected chi connectivity index (χ0v) is 64.4. The number of benzene rings is 2. The quantitative estimate of drug-likeness (QED) is 0.0982. The molecule has 2 nitrogen and oxygen atoms in total. The van der Waals surface area contributed by atoms with Gasteiger partial charge in [0.1, 0.15) is 0 Å². The third-order valence-corrected chi connectivity index (χ3v) is 35.1. The number of alkyl halides is 8. The van der Waals surface area contributed by atoms with Crippen LogP contribution in [0.3, 0.4) is 0 Å². The van der Waals surface area contributed by atoms with Gasteiger partial charge in [-0.15, -0.1) is 117 Å². The second-order valence-electron chi connectivity index (χ2n) is 26.1. The van der Waals surface area contributed by atoms with Crippen molar-refractivity contribution in [2.75, 3.05) is 13.1 Å². The third kappa shape index (κ3) is 19.1. The van der Waals surface area contributed by atoms with Gasteiger partial charge in [0.05, 0.1) is 16.1 Å². The molecule has 2 aromatic rings. The van der Waals surface area contributed by atoms with E-state index in [1.807, 2.05) is 60.7 Å². The summed E-state index contributed by atoms with van der Waals surface area (Å²) in [7, 11) is 6.80. The van der Waals surface area contributed by atoms with Gasteiger partial charge in [-0.1, -0.05) is 121 Å². The Bertz CT molecular complexity index is 1780. The SMILES string of the molecule is CC1CC2C(Cl)CC(Cl)CC2C1[Si](C)(C)C1C(C)CC2C(Cl)CC(Cl)CC21.CC1CC2C(Cl)CC(Cl)CC2C1[Si](C)(C)C1C(C)CC2C(Cl)CC(Cl)CC21.[CH3-].[CH3-].[CH3-].[CH3-].[Cl][Zr+2][Cl].[Zr+4].c1ccc([N-]CCC[N-]c2ccccc2)cc1. The fourth-order valence-electron chi connectivity index (χ4n) is 19.1. The van der Waals surface area contributed by atoms with Crippen molar-refractivity contribution in [1.82, 2.24) is 0 Å². The predicted molar refractivity (Wildman–Crippen MR) is 358 cm³/mol. The number of fused-ring (bicyclic) bond motifs is 4. The first-order valence-corrected chi connectivity index (χ1v) is 44.8. The van der Waals surface area contributed by atoms with E-state index < -0.39 is 37.0 Å². The molecule has 0 N–H and O–H groups in total. The number of hydrogen-bond donors (Lipinski definition) is 0. The Balaban J connectivity index is 0.000000392. The van der Waals surface area contributed by atoms with Crippen LogP contribution >= 0.6 is 110 Å². The van der Waals surface area contributed by atoms with Gasteiger partial charge in [0.15, 0.2) is 0 Å². The zero-order valence-electron chi connectivity index (χ0n) is 49.9. The largest absolute Gasteiger partial charge is 4.00 e. The fraction of sp³-hybridized carbons (Fsp3) is 0.746. The minimum Gasteiger partial charge on any atom is -0.684 e. The monoisotopic (exact) mass is 1470 g/mol. The van der Waals surface area contributed by atoms with Gasteiger partial charge in [0.2, 0.25) is 0 Å². The van der Waals surface area contributed by atoms with Crippen molar-refractivity contribution in [1.29, 1.82) is 0 Å². The van der Waals surface area contributed by atoms with E-state index in [0.29, 0.717) is 23.7 Å². The number of rotatable bonds is 10.